The van der Waals surface area contributed by atoms with Crippen LogP contribution in [0, 0.1) is 5.92 Å². The van der Waals surface area contributed by atoms with Gasteiger partial charge in [-0.2, -0.15) is 0 Å². The third-order valence-electron chi connectivity index (χ3n) is 6.73. The van der Waals surface area contributed by atoms with Crippen LogP contribution in [-0.4, -0.2) is 68.4 Å². The number of nitrogens with one attached hydrogen (secondary N) is 1. The lowest BCUT2D eigenvalue weighted by Crippen LogP contribution is -2.47. The fraction of sp³-hybridized carbons (Fsp3) is 0.591. The van der Waals surface area contributed by atoms with Gasteiger partial charge in [-0.15, -0.1) is 0 Å². The molecule has 0 spiro atoms. The second-order valence-electron chi connectivity index (χ2n) is 8.52. The van der Waals surface area contributed by atoms with Crippen LogP contribution in [0.2, 0.25) is 0 Å². The van der Waals surface area contributed by atoms with Crippen molar-refractivity contribution in [2.75, 3.05) is 45.7 Å². The molecular weight excluding hydrogens is 354 g/mol. The van der Waals surface area contributed by atoms with E-state index in [1.165, 1.54) is 27.5 Å². The van der Waals surface area contributed by atoms with Crippen LogP contribution in [0.3, 0.4) is 0 Å². The molecule has 1 saturated heterocycles. The molecule has 3 atom stereocenters. The predicted molar refractivity (Wildman–Crippen MR) is 108 cm³/mol. The average molecular weight is 383 g/mol. The first kappa shape index (κ1) is 18.2. The zero-order valence-electron chi connectivity index (χ0n) is 16.7. The fourth-order valence-electron chi connectivity index (χ4n) is 5.29. The molecule has 28 heavy (non-hydrogen) atoms. The van der Waals surface area contributed by atoms with Crippen LogP contribution in [0.15, 0.2) is 24.3 Å². The van der Waals surface area contributed by atoms with Crippen LogP contribution in [0.1, 0.15) is 36.3 Å². The summed E-state index contributed by atoms with van der Waals surface area (Å²) in [6.45, 7) is 3.18. The van der Waals surface area contributed by atoms with Crippen molar-refractivity contribution in [3.63, 3.8) is 0 Å². The highest BCUT2D eigenvalue weighted by atomic mass is 16.7. The summed E-state index contributed by atoms with van der Waals surface area (Å²) in [6, 6.07) is 6.90. The maximum Gasteiger partial charge on any atom is 0.254 e. The van der Waals surface area contributed by atoms with E-state index in [1.54, 1.807) is 7.05 Å². The Labute approximate surface area is 166 Å². The number of carbonyl (C=O) groups is 1. The van der Waals surface area contributed by atoms with Crippen LogP contribution in [0.5, 0.6) is 0 Å². The third kappa shape index (κ3) is 3.04. The topological polar surface area (TPSA) is 54.0 Å². The van der Waals surface area contributed by atoms with Crippen molar-refractivity contribution in [1.82, 2.24) is 9.96 Å². The quantitative estimate of drug-likeness (QED) is 0.813. The molecule has 1 fully saturated rings. The maximum absolute atomic E-state index is 13.1. The number of rotatable bonds is 3. The molecule has 150 valence electrons. The maximum atomic E-state index is 13.1. The molecule has 3 unspecified atom stereocenters. The SMILES string of the molecule is CN(OC1CCOCC1)C(=O)C1C=C2c3cccc4c3C(CN4)CC2N(C)C1. The Morgan fingerprint density at radius 3 is 2.96 bits per heavy atom. The summed E-state index contributed by atoms with van der Waals surface area (Å²) < 4.78 is 5.38. The molecule has 1 aromatic rings. The molecule has 0 bridgehead atoms. The largest absolute Gasteiger partial charge is 0.384 e. The Morgan fingerprint density at radius 1 is 1.32 bits per heavy atom. The van der Waals surface area contributed by atoms with E-state index >= 15 is 0 Å². The van der Waals surface area contributed by atoms with Gasteiger partial charge in [-0.3, -0.25) is 14.5 Å². The van der Waals surface area contributed by atoms with Gasteiger partial charge < -0.3 is 10.1 Å². The summed E-state index contributed by atoms with van der Waals surface area (Å²) in [4.78, 5) is 21.4. The second-order valence-corrected chi connectivity index (χ2v) is 8.52. The number of anilines is 1. The number of hydroxylamine groups is 2. The van der Waals surface area contributed by atoms with Crippen LogP contribution < -0.4 is 5.32 Å². The zero-order chi connectivity index (χ0) is 19.3. The van der Waals surface area contributed by atoms with Gasteiger partial charge >= 0.3 is 0 Å². The Kier molecular flexibility index (Phi) is 4.65. The monoisotopic (exact) mass is 383 g/mol. The van der Waals surface area contributed by atoms with Gasteiger partial charge in [0.25, 0.3) is 5.91 Å². The van der Waals surface area contributed by atoms with Crippen LogP contribution >= 0.6 is 0 Å². The molecule has 1 N–H and O–H groups in total. The first-order chi connectivity index (χ1) is 13.6. The van der Waals surface area contributed by atoms with Crippen LogP contribution in [0.25, 0.3) is 5.57 Å². The van der Waals surface area contributed by atoms with E-state index in [9.17, 15) is 4.79 Å². The zero-order valence-corrected chi connectivity index (χ0v) is 16.7. The summed E-state index contributed by atoms with van der Waals surface area (Å²) in [5.41, 5.74) is 5.33. The first-order valence-electron chi connectivity index (χ1n) is 10.4. The van der Waals surface area contributed by atoms with E-state index in [0.29, 0.717) is 25.2 Å². The summed E-state index contributed by atoms with van der Waals surface area (Å²) >= 11 is 0. The van der Waals surface area contributed by atoms with Gasteiger partial charge in [0.1, 0.15) is 0 Å². The molecule has 3 aliphatic heterocycles. The Morgan fingerprint density at radius 2 is 2.14 bits per heavy atom. The van der Waals surface area contributed by atoms with E-state index in [-0.39, 0.29) is 17.9 Å². The van der Waals surface area contributed by atoms with E-state index in [1.807, 2.05) is 0 Å². The molecule has 6 nitrogen and oxygen atoms in total. The van der Waals surface area contributed by atoms with Crippen molar-refractivity contribution in [3.8, 4) is 0 Å². The van der Waals surface area contributed by atoms with Crippen molar-refractivity contribution >= 4 is 17.2 Å². The van der Waals surface area contributed by atoms with E-state index in [0.717, 1.165) is 32.4 Å². The summed E-state index contributed by atoms with van der Waals surface area (Å²) in [5, 5.41) is 5.02. The highest BCUT2D eigenvalue weighted by Crippen LogP contribution is 2.48. The molecule has 1 aromatic carbocycles. The van der Waals surface area contributed by atoms with E-state index in [2.05, 4.69) is 41.5 Å². The van der Waals surface area contributed by atoms with Gasteiger partial charge in [-0.05, 0) is 49.1 Å². The minimum atomic E-state index is -0.178. The summed E-state index contributed by atoms with van der Waals surface area (Å²) in [7, 11) is 3.90. The standard InChI is InChI=1S/C22H29N3O3/c1-24-13-15(22(26)25(2)28-16-6-8-27-9-7-16)10-18-17-4-3-5-19-21(17)14(12-23-19)11-20(18)24/h3-5,10,14-16,20,23H,6-9,11-13H2,1-2H3. The smallest absolute Gasteiger partial charge is 0.254 e. The number of benzene rings is 1. The third-order valence-corrected chi connectivity index (χ3v) is 6.73. The number of ether oxygens (including phenoxy) is 1. The molecule has 3 heterocycles. The highest BCUT2D eigenvalue weighted by Gasteiger charge is 2.41. The van der Waals surface area contributed by atoms with Gasteiger partial charge in [0, 0.05) is 51.0 Å². The van der Waals surface area contributed by atoms with Crippen molar-refractivity contribution in [3.05, 3.63) is 35.4 Å². The van der Waals surface area contributed by atoms with Gasteiger partial charge in [0.05, 0.1) is 12.0 Å². The van der Waals surface area contributed by atoms with Crippen molar-refractivity contribution < 1.29 is 14.4 Å². The molecule has 1 amide bonds. The van der Waals surface area contributed by atoms with Gasteiger partial charge in [0.2, 0.25) is 0 Å². The molecular formula is C22H29N3O3. The summed E-state index contributed by atoms with van der Waals surface area (Å²) in [5.74, 6) is 0.433. The Hall–Kier alpha value is -1.89. The number of likely N-dealkylation sites (N-methyl/N-ethyl adjacent to an activating group) is 1. The minimum Gasteiger partial charge on any atom is -0.384 e. The summed E-state index contributed by atoms with van der Waals surface area (Å²) in [6.07, 6.45) is 5.09. The molecule has 0 aromatic heterocycles. The number of hydrogen-bond donors (Lipinski definition) is 1. The normalized spacial score (nSPS) is 29.5. The number of amides is 1. The number of fused-ring (bicyclic) bond motifs is 2. The molecule has 1 aliphatic carbocycles. The minimum absolute atomic E-state index is 0.0390. The van der Waals surface area contributed by atoms with Crippen LogP contribution in [-0.2, 0) is 14.4 Å². The first-order valence-corrected chi connectivity index (χ1v) is 10.4. The number of hydrogen-bond acceptors (Lipinski definition) is 5. The average Bonchev–Trinajstić information content (AvgIpc) is 3.13. The van der Waals surface area contributed by atoms with Gasteiger partial charge in [-0.1, -0.05) is 18.2 Å². The second kappa shape index (κ2) is 7.17. The van der Waals surface area contributed by atoms with Gasteiger partial charge in [-0.25, -0.2) is 5.06 Å². The highest BCUT2D eigenvalue weighted by molar-refractivity contribution is 5.87. The number of nitrogens with zero attached hydrogens (tertiary/aromatic N) is 2. The molecule has 5 rings (SSSR count). The Balaban J connectivity index is 1.40. The fourth-order valence-corrected chi connectivity index (χ4v) is 5.29. The van der Waals surface area contributed by atoms with Crippen molar-refractivity contribution in [1.29, 1.82) is 0 Å². The molecule has 0 saturated carbocycles. The lowest BCUT2D eigenvalue weighted by atomic mass is 9.74. The lowest BCUT2D eigenvalue weighted by Gasteiger charge is -2.42. The number of carbonyl (C=O) groups excluding carboxylic acids is 1. The molecule has 4 aliphatic rings. The molecule has 0 radical (unpaired) electrons. The van der Waals surface area contributed by atoms with E-state index < -0.39 is 0 Å². The van der Waals surface area contributed by atoms with Crippen LogP contribution in [0.4, 0.5) is 5.69 Å². The van der Waals surface area contributed by atoms with E-state index in [4.69, 9.17) is 9.57 Å². The predicted octanol–water partition coefficient (Wildman–Crippen LogP) is 2.48. The Bertz CT molecular complexity index is 802. The van der Waals surface area contributed by atoms with Crippen molar-refractivity contribution in [2.24, 2.45) is 5.92 Å². The lowest BCUT2D eigenvalue weighted by molar-refractivity contribution is -0.210. The molecule has 6 heteroatoms. The van der Waals surface area contributed by atoms with Crippen molar-refractivity contribution in [2.45, 2.75) is 37.3 Å². The van der Waals surface area contributed by atoms with Gasteiger partial charge in [0.15, 0.2) is 0 Å².